The van der Waals surface area contributed by atoms with Gasteiger partial charge in [-0.15, -0.1) is 0 Å². The highest BCUT2D eigenvalue weighted by Crippen LogP contribution is 2.73. The highest BCUT2D eigenvalue weighted by atomic mass is 35.5. The number of benzene rings is 2. The minimum atomic E-state index is -0.258. The predicted octanol–water partition coefficient (Wildman–Crippen LogP) is 5.50. The summed E-state index contributed by atoms with van der Waals surface area (Å²) in [6, 6.07) is 10.6. The van der Waals surface area contributed by atoms with E-state index in [-0.39, 0.29) is 47.5 Å². The summed E-state index contributed by atoms with van der Waals surface area (Å²) in [5.41, 5.74) is 1.68. The van der Waals surface area contributed by atoms with Gasteiger partial charge in [0.25, 0.3) is 11.8 Å². The minimum Gasteiger partial charge on any atom is -0.490 e. The molecular formula is C27H24Cl2N2O4. The molecular weight excluding hydrogens is 487 g/mol. The van der Waals surface area contributed by atoms with E-state index in [0.29, 0.717) is 33.7 Å². The number of allylic oxidation sites excluding steroid dienone is 2. The zero-order valence-electron chi connectivity index (χ0n) is 19.1. The molecule has 180 valence electrons. The molecule has 2 saturated carbocycles. The monoisotopic (exact) mass is 510 g/mol. The van der Waals surface area contributed by atoms with Crippen LogP contribution in [0.2, 0.25) is 10.0 Å². The molecule has 0 aromatic heterocycles. The topological polar surface area (TPSA) is 68.2 Å². The molecule has 1 saturated heterocycles. The standard InChI is InChI=1S/C27H24Cl2N2O4/c1-2-34-22-11-15(3-8-21(22)35-14-16-4-5-17(28)12-20(16)29)13-30-31-25(32)23-18-6-7-19(24(23)26(31)33)27(18)9-10-27/h3-8,11-13,18-19,23-24H,2,9-10,14H2,1H3/b30-13-/t18-,19-,23-,24-/m1/s1. The van der Waals surface area contributed by atoms with Gasteiger partial charge in [0.1, 0.15) is 6.61 Å². The molecule has 0 radical (unpaired) electrons. The van der Waals surface area contributed by atoms with Gasteiger partial charge in [0.05, 0.1) is 24.7 Å². The lowest BCUT2D eigenvalue weighted by Gasteiger charge is -2.18. The van der Waals surface area contributed by atoms with Crippen molar-refractivity contribution in [1.82, 2.24) is 5.01 Å². The summed E-state index contributed by atoms with van der Waals surface area (Å²) in [6.07, 6.45) is 8.07. The molecule has 4 aliphatic rings. The molecule has 2 aromatic rings. The molecule has 4 atom stereocenters. The van der Waals surface area contributed by atoms with Gasteiger partial charge in [-0.25, -0.2) is 0 Å². The first-order valence-corrected chi connectivity index (χ1v) is 12.6. The molecule has 0 N–H and O–H groups in total. The van der Waals surface area contributed by atoms with Crippen molar-refractivity contribution in [1.29, 1.82) is 0 Å². The number of hydrazone groups is 1. The van der Waals surface area contributed by atoms with Gasteiger partial charge >= 0.3 is 0 Å². The van der Waals surface area contributed by atoms with E-state index in [1.165, 1.54) is 6.21 Å². The van der Waals surface area contributed by atoms with E-state index < -0.39 is 0 Å². The summed E-state index contributed by atoms with van der Waals surface area (Å²) >= 11 is 12.2. The third kappa shape index (κ3) is 3.57. The van der Waals surface area contributed by atoms with Crippen LogP contribution in [0.25, 0.3) is 0 Å². The molecule has 3 fully saturated rings. The molecule has 2 bridgehead atoms. The van der Waals surface area contributed by atoms with Crippen molar-refractivity contribution in [3.8, 4) is 11.5 Å². The van der Waals surface area contributed by atoms with Crippen molar-refractivity contribution in [3.63, 3.8) is 0 Å². The molecule has 8 heteroatoms. The molecule has 6 rings (SSSR count). The number of carbonyl (C=O) groups is 2. The molecule has 1 heterocycles. The van der Waals surface area contributed by atoms with Crippen LogP contribution in [-0.2, 0) is 16.2 Å². The van der Waals surface area contributed by atoms with Crippen LogP contribution in [0.4, 0.5) is 0 Å². The van der Waals surface area contributed by atoms with E-state index >= 15 is 0 Å². The van der Waals surface area contributed by atoms with E-state index in [4.69, 9.17) is 32.7 Å². The van der Waals surface area contributed by atoms with Crippen LogP contribution in [-0.4, -0.2) is 29.6 Å². The normalized spacial score (nSPS) is 27.3. The Labute approximate surface area is 213 Å². The quantitative estimate of drug-likeness (QED) is 0.280. The summed E-state index contributed by atoms with van der Waals surface area (Å²) in [5.74, 6) is 0.589. The van der Waals surface area contributed by atoms with E-state index in [9.17, 15) is 9.59 Å². The van der Waals surface area contributed by atoms with Gasteiger partial charge in [-0.2, -0.15) is 10.1 Å². The van der Waals surface area contributed by atoms with Gasteiger partial charge < -0.3 is 9.47 Å². The number of carbonyl (C=O) groups excluding carboxylic acids is 2. The maximum atomic E-state index is 13.1. The second-order valence-electron chi connectivity index (χ2n) is 9.62. The number of hydrogen-bond acceptors (Lipinski definition) is 5. The maximum absolute atomic E-state index is 13.1. The summed E-state index contributed by atoms with van der Waals surface area (Å²) < 4.78 is 11.7. The molecule has 6 nitrogen and oxygen atoms in total. The molecule has 35 heavy (non-hydrogen) atoms. The first-order chi connectivity index (χ1) is 16.9. The van der Waals surface area contributed by atoms with Crippen molar-refractivity contribution < 1.29 is 19.1 Å². The number of imide groups is 1. The van der Waals surface area contributed by atoms with Crippen molar-refractivity contribution >= 4 is 41.2 Å². The van der Waals surface area contributed by atoms with E-state index in [1.807, 2.05) is 13.0 Å². The van der Waals surface area contributed by atoms with Gasteiger partial charge in [-0.1, -0.05) is 41.4 Å². The fraction of sp³-hybridized carbons (Fsp3) is 0.370. The third-order valence-corrected chi connectivity index (χ3v) is 8.40. The number of rotatable bonds is 7. The Hall–Kier alpha value is -2.83. The number of hydrogen-bond donors (Lipinski definition) is 0. The fourth-order valence-corrected chi connectivity index (χ4v) is 6.55. The molecule has 1 spiro atoms. The second-order valence-corrected chi connectivity index (χ2v) is 10.5. The average Bonchev–Trinajstić information content (AvgIpc) is 3.44. The molecule has 0 unspecified atom stereocenters. The first-order valence-electron chi connectivity index (χ1n) is 11.9. The number of amides is 2. The SMILES string of the molecule is CCOc1cc(/C=N\N2C(=O)[C@H]3[C@H](C2=O)[C@H]2C=C[C@H]3C23CC3)ccc1OCc1ccc(Cl)cc1Cl. The number of ether oxygens (including phenoxy) is 2. The average molecular weight is 511 g/mol. The van der Waals surface area contributed by atoms with Crippen molar-refractivity contribution in [2.24, 2.45) is 34.2 Å². The van der Waals surface area contributed by atoms with Crippen LogP contribution in [0, 0.1) is 29.1 Å². The van der Waals surface area contributed by atoms with E-state index in [1.54, 1.807) is 30.3 Å². The predicted molar refractivity (Wildman–Crippen MR) is 133 cm³/mol. The Balaban J connectivity index is 1.18. The first kappa shape index (κ1) is 22.6. The van der Waals surface area contributed by atoms with E-state index in [0.717, 1.165) is 23.4 Å². The summed E-state index contributed by atoms with van der Waals surface area (Å²) in [5, 5.41) is 6.47. The number of halogens is 2. The zero-order valence-corrected chi connectivity index (χ0v) is 20.6. The van der Waals surface area contributed by atoms with Gasteiger partial charge in [-0.3, -0.25) is 9.59 Å². The van der Waals surface area contributed by atoms with Crippen molar-refractivity contribution in [2.45, 2.75) is 26.4 Å². The van der Waals surface area contributed by atoms with Crippen molar-refractivity contribution in [2.75, 3.05) is 6.61 Å². The van der Waals surface area contributed by atoms with Crippen LogP contribution < -0.4 is 9.47 Å². The Kier molecular flexibility index (Phi) is 5.42. The Bertz CT molecular complexity index is 1250. The minimum absolute atomic E-state index is 0.176. The summed E-state index contributed by atoms with van der Waals surface area (Å²) in [6.45, 7) is 2.58. The number of fused-ring (bicyclic) bond motifs is 3. The smallest absolute Gasteiger partial charge is 0.254 e. The molecule has 3 aliphatic carbocycles. The lowest BCUT2D eigenvalue weighted by molar-refractivity contribution is -0.141. The Morgan fingerprint density at radius 2 is 1.71 bits per heavy atom. The van der Waals surface area contributed by atoms with Crippen LogP contribution in [0.3, 0.4) is 0 Å². The van der Waals surface area contributed by atoms with Crippen LogP contribution in [0.15, 0.2) is 53.7 Å². The summed E-state index contributed by atoms with van der Waals surface area (Å²) in [7, 11) is 0. The van der Waals surface area contributed by atoms with E-state index in [2.05, 4.69) is 17.3 Å². The second kappa shape index (κ2) is 8.38. The van der Waals surface area contributed by atoms with Gasteiger partial charge in [-0.05, 0) is 72.9 Å². The lowest BCUT2D eigenvalue weighted by Crippen LogP contribution is -2.30. The molecule has 1 aliphatic heterocycles. The fourth-order valence-electron chi connectivity index (χ4n) is 6.09. The Morgan fingerprint density at radius 3 is 2.34 bits per heavy atom. The van der Waals surface area contributed by atoms with Gasteiger partial charge in [0, 0.05) is 15.6 Å². The molecule has 2 amide bonds. The maximum Gasteiger partial charge on any atom is 0.254 e. The van der Waals surface area contributed by atoms with Gasteiger partial charge in [0.2, 0.25) is 0 Å². The van der Waals surface area contributed by atoms with Crippen LogP contribution >= 0.6 is 23.2 Å². The largest absolute Gasteiger partial charge is 0.490 e. The molecule has 2 aromatic carbocycles. The highest BCUT2D eigenvalue weighted by Gasteiger charge is 2.73. The zero-order chi connectivity index (χ0) is 24.3. The highest BCUT2D eigenvalue weighted by molar-refractivity contribution is 6.35. The number of nitrogens with zero attached hydrogens (tertiary/aromatic N) is 2. The lowest BCUT2D eigenvalue weighted by atomic mass is 9.85. The van der Waals surface area contributed by atoms with Gasteiger partial charge in [0.15, 0.2) is 11.5 Å². The van der Waals surface area contributed by atoms with Crippen LogP contribution in [0.5, 0.6) is 11.5 Å². The third-order valence-electron chi connectivity index (χ3n) is 7.82. The summed E-state index contributed by atoms with van der Waals surface area (Å²) in [4.78, 5) is 26.2. The van der Waals surface area contributed by atoms with Crippen LogP contribution in [0.1, 0.15) is 30.9 Å². The van der Waals surface area contributed by atoms with Crippen molar-refractivity contribution in [3.05, 3.63) is 69.7 Å². The Morgan fingerprint density at radius 1 is 1.00 bits per heavy atom.